The maximum Gasteiger partial charge on any atom is 0.354 e. The predicted octanol–water partition coefficient (Wildman–Crippen LogP) is 0.865. The van der Waals surface area contributed by atoms with Gasteiger partial charge in [0.15, 0.2) is 5.69 Å². The average Bonchev–Trinajstić information content (AvgIpc) is 2.83. The fourth-order valence-corrected chi connectivity index (χ4v) is 4.12. The molecule has 0 atom stereocenters. The number of hydrogen-bond donors (Lipinski definition) is 1. The number of aromatic nitrogens is 2. The Morgan fingerprint density at radius 1 is 1.27 bits per heavy atom. The highest BCUT2D eigenvalue weighted by molar-refractivity contribution is 7.89. The molecule has 7 nitrogen and oxygen atoms in total. The largest absolute Gasteiger partial charge is 0.477 e. The standard InChI is InChI=1S/C14H15N3O4S/c1-16-13(14(18)19)11-9-17(8-7-12(11)15-16)22(20,21)10-5-3-2-4-6-10/h2-6H,7-9H2,1H3,(H,18,19). The van der Waals surface area contributed by atoms with Crippen LogP contribution in [-0.4, -0.2) is 40.1 Å². The van der Waals surface area contributed by atoms with Crippen molar-refractivity contribution in [2.75, 3.05) is 6.54 Å². The number of aromatic carboxylic acids is 1. The Morgan fingerprint density at radius 2 is 1.95 bits per heavy atom. The monoisotopic (exact) mass is 321 g/mol. The van der Waals surface area contributed by atoms with Gasteiger partial charge >= 0.3 is 5.97 Å². The highest BCUT2D eigenvalue weighted by Crippen LogP contribution is 2.26. The number of carboxylic acids is 1. The van der Waals surface area contributed by atoms with E-state index in [2.05, 4.69) is 5.10 Å². The Balaban J connectivity index is 2.00. The number of rotatable bonds is 3. The van der Waals surface area contributed by atoms with E-state index in [1.165, 1.54) is 21.1 Å². The van der Waals surface area contributed by atoms with E-state index in [9.17, 15) is 18.3 Å². The van der Waals surface area contributed by atoms with Crippen molar-refractivity contribution in [3.05, 3.63) is 47.3 Å². The molecule has 22 heavy (non-hydrogen) atoms. The van der Waals surface area contributed by atoms with Gasteiger partial charge in [-0.3, -0.25) is 4.68 Å². The Bertz CT molecular complexity index is 827. The normalized spacial score (nSPS) is 15.5. The summed E-state index contributed by atoms with van der Waals surface area (Å²) < 4.78 is 27.9. The van der Waals surface area contributed by atoms with E-state index in [1.807, 2.05) is 0 Å². The van der Waals surface area contributed by atoms with E-state index in [1.54, 1.807) is 25.2 Å². The van der Waals surface area contributed by atoms with Crippen molar-refractivity contribution in [2.45, 2.75) is 17.9 Å². The van der Waals surface area contributed by atoms with Crippen LogP contribution in [0.2, 0.25) is 0 Å². The number of carbonyl (C=O) groups is 1. The molecule has 1 N–H and O–H groups in total. The lowest BCUT2D eigenvalue weighted by atomic mass is 10.1. The van der Waals surface area contributed by atoms with Gasteiger partial charge in [0.25, 0.3) is 0 Å². The first-order valence-electron chi connectivity index (χ1n) is 6.74. The summed E-state index contributed by atoms with van der Waals surface area (Å²) in [4.78, 5) is 11.6. The molecule has 0 unspecified atom stereocenters. The first-order chi connectivity index (χ1) is 10.4. The predicted molar refractivity (Wildman–Crippen MR) is 77.9 cm³/mol. The first kappa shape index (κ1) is 14.7. The van der Waals surface area contributed by atoms with Crippen molar-refractivity contribution in [2.24, 2.45) is 7.05 Å². The van der Waals surface area contributed by atoms with Crippen LogP contribution in [0.1, 0.15) is 21.7 Å². The molecule has 2 heterocycles. The minimum atomic E-state index is -3.63. The van der Waals surface area contributed by atoms with Crippen molar-refractivity contribution < 1.29 is 18.3 Å². The lowest BCUT2D eigenvalue weighted by molar-refractivity contribution is 0.0683. The summed E-state index contributed by atoms with van der Waals surface area (Å²) in [7, 11) is -2.08. The summed E-state index contributed by atoms with van der Waals surface area (Å²) in [6, 6.07) is 8.14. The Kier molecular flexibility index (Phi) is 3.50. The van der Waals surface area contributed by atoms with Gasteiger partial charge < -0.3 is 5.11 Å². The van der Waals surface area contributed by atoms with Crippen LogP contribution < -0.4 is 0 Å². The van der Waals surface area contributed by atoms with E-state index in [0.717, 1.165) is 0 Å². The molecule has 8 heteroatoms. The topological polar surface area (TPSA) is 92.5 Å². The molecule has 0 radical (unpaired) electrons. The number of benzene rings is 1. The molecule has 0 fully saturated rings. The zero-order chi connectivity index (χ0) is 15.9. The van der Waals surface area contributed by atoms with Gasteiger partial charge in [-0.2, -0.15) is 9.40 Å². The van der Waals surface area contributed by atoms with Crippen LogP contribution >= 0.6 is 0 Å². The molecule has 1 aliphatic rings. The SMILES string of the molecule is Cn1nc2c(c1C(=O)O)CN(S(=O)(=O)c1ccccc1)CC2. The zero-order valence-corrected chi connectivity index (χ0v) is 12.7. The van der Waals surface area contributed by atoms with Gasteiger partial charge in [0.1, 0.15) is 0 Å². The van der Waals surface area contributed by atoms with E-state index < -0.39 is 16.0 Å². The maximum atomic E-state index is 12.6. The molecule has 3 rings (SSSR count). The quantitative estimate of drug-likeness (QED) is 0.905. The highest BCUT2D eigenvalue weighted by Gasteiger charge is 2.33. The Morgan fingerprint density at radius 3 is 2.59 bits per heavy atom. The van der Waals surface area contributed by atoms with Crippen molar-refractivity contribution in [1.29, 1.82) is 0 Å². The van der Waals surface area contributed by atoms with Crippen molar-refractivity contribution in [3.8, 4) is 0 Å². The van der Waals surface area contributed by atoms with E-state index in [-0.39, 0.29) is 17.1 Å². The van der Waals surface area contributed by atoms with Crippen LogP contribution in [0.15, 0.2) is 35.2 Å². The van der Waals surface area contributed by atoms with Gasteiger partial charge in [0.2, 0.25) is 10.0 Å². The highest BCUT2D eigenvalue weighted by atomic mass is 32.2. The molecule has 1 aromatic heterocycles. The summed E-state index contributed by atoms with van der Waals surface area (Å²) in [5.41, 5.74) is 1.17. The van der Waals surface area contributed by atoms with E-state index in [4.69, 9.17) is 0 Å². The summed E-state index contributed by atoms with van der Waals surface area (Å²) in [6.07, 6.45) is 0.405. The summed E-state index contributed by atoms with van der Waals surface area (Å²) in [6.45, 7) is 0.322. The molecule has 0 spiro atoms. The third kappa shape index (κ3) is 2.30. The Labute approximate surface area is 127 Å². The van der Waals surface area contributed by atoms with Gasteiger partial charge in [-0.15, -0.1) is 0 Å². The molecule has 1 aromatic carbocycles. The van der Waals surface area contributed by atoms with Gasteiger partial charge in [-0.25, -0.2) is 13.2 Å². The number of hydrogen-bond acceptors (Lipinski definition) is 4. The number of sulfonamides is 1. The smallest absolute Gasteiger partial charge is 0.354 e. The molecule has 0 amide bonds. The summed E-state index contributed by atoms with van der Waals surface area (Å²) in [5, 5.41) is 13.5. The van der Waals surface area contributed by atoms with Crippen LogP contribution in [0.5, 0.6) is 0 Å². The van der Waals surface area contributed by atoms with Gasteiger partial charge in [-0.05, 0) is 12.1 Å². The second kappa shape index (κ2) is 5.22. The summed E-state index contributed by atoms with van der Waals surface area (Å²) in [5.74, 6) is -1.10. The molecule has 2 aromatic rings. The second-order valence-electron chi connectivity index (χ2n) is 5.10. The lowest BCUT2D eigenvalue weighted by Gasteiger charge is -2.25. The lowest BCUT2D eigenvalue weighted by Crippen LogP contribution is -2.36. The molecule has 0 saturated heterocycles. The van der Waals surface area contributed by atoms with Crippen molar-refractivity contribution in [3.63, 3.8) is 0 Å². The van der Waals surface area contributed by atoms with Gasteiger partial charge in [0.05, 0.1) is 10.6 Å². The third-order valence-electron chi connectivity index (χ3n) is 3.74. The number of nitrogens with zero attached hydrogens (tertiary/aromatic N) is 3. The number of carboxylic acid groups (broad SMARTS) is 1. The van der Waals surface area contributed by atoms with E-state index in [0.29, 0.717) is 24.2 Å². The van der Waals surface area contributed by atoms with Crippen LogP contribution in [0.3, 0.4) is 0 Å². The minimum absolute atomic E-state index is 0.0298. The minimum Gasteiger partial charge on any atom is -0.477 e. The van der Waals surface area contributed by atoms with Crippen molar-refractivity contribution in [1.82, 2.24) is 14.1 Å². The fourth-order valence-electron chi connectivity index (χ4n) is 2.69. The zero-order valence-electron chi connectivity index (χ0n) is 11.9. The molecule has 0 bridgehead atoms. The first-order valence-corrected chi connectivity index (χ1v) is 8.18. The van der Waals surface area contributed by atoms with Crippen LogP contribution in [0.4, 0.5) is 0 Å². The van der Waals surface area contributed by atoms with Crippen LogP contribution in [0.25, 0.3) is 0 Å². The molecular weight excluding hydrogens is 306 g/mol. The fraction of sp³-hybridized carbons (Fsp3) is 0.286. The second-order valence-corrected chi connectivity index (χ2v) is 7.04. The molecule has 0 aliphatic carbocycles. The van der Waals surface area contributed by atoms with Gasteiger partial charge in [0, 0.05) is 32.1 Å². The number of fused-ring (bicyclic) bond motifs is 1. The summed E-state index contributed by atoms with van der Waals surface area (Å²) >= 11 is 0. The molecule has 0 saturated carbocycles. The molecule has 116 valence electrons. The Hall–Kier alpha value is -2.19. The van der Waals surface area contributed by atoms with Crippen LogP contribution in [0, 0.1) is 0 Å². The number of aryl methyl sites for hydroxylation is 1. The van der Waals surface area contributed by atoms with E-state index >= 15 is 0 Å². The average molecular weight is 321 g/mol. The van der Waals surface area contributed by atoms with Crippen LogP contribution in [-0.2, 0) is 30.0 Å². The molecule has 1 aliphatic heterocycles. The van der Waals surface area contributed by atoms with Gasteiger partial charge in [-0.1, -0.05) is 18.2 Å². The molecular formula is C14H15N3O4S. The van der Waals surface area contributed by atoms with Crippen molar-refractivity contribution >= 4 is 16.0 Å². The third-order valence-corrected chi connectivity index (χ3v) is 5.60. The maximum absolute atomic E-state index is 12.6.